The molecule has 0 bridgehead atoms. The highest BCUT2D eigenvalue weighted by Crippen LogP contribution is 2.26. The van der Waals surface area contributed by atoms with E-state index in [4.69, 9.17) is 0 Å². The number of rotatable bonds is 5. The molecule has 148 valence electrons. The van der Waals surface area contributed by atoms with E-state index in [-0.39, 0.29) is 17.8 Å². The van der Waals surface area contributed by atoms with Crippen LogP contribution in [0.15, 0.2) is 29.3 Å². The van der Waals surface area contributed by atoms with Crippen molar-refractivity contribution in [1.29, 1.82) is 0 Å². The Morgan fingerprint density at radius 3 is 2.81 bits per heavy atom. The van der Waals surface area contributed by atoms with Crippen LogP contribution in [0.2, 0.25) is 0 Å². The molecular weight excluding hydrogens is 343 g/mol. The Hall–Kier alpha value is -2.11. The van der Waals surface area contributed by atoms with Crippen molar-refractivity contribution >= 4 is 11.9 Å². The predicted molar refractivity (Wildman–Crippen MR) is 106 cm³/mol. The second-order valence-electron chi connectivity index (χ2n) is 7.57. The second kappa shape index (κ2) is 9.72. The Kier molecular flexibility index (Phi) is 7.07. The summed E-state index contributed by atoms with van der Waals surface area (Å²) in [6.45, 7) is 4.75. The maximum absolute atomic E-state index is 13.3. The third-order valence-corrected chi connectivity index (χ3v) is 5.45. The summed E-state index contributed by atoms with van der Waals surface area (Å²) in [6, 6.07) is 6.73. The summed E-state index contributed by atoms with van der Waals surface area (Å²) in [6.07, 6.45) is 6.66. The molecule has 1 aromatic rings. The van der Waals surface area contributed by atoms with Crippen molar-refractivity contribution in [1.82, 2.24) is 15.5 Å². The quantitative estimate of drug-likeness (QED) is 0.615. The first-order chi connectivity index (χ1) is 13.2. The van der Waals surface area contributed by atoms with Crippen LogP contribution in [0.1, 0.15) is 51.0 Å². The van der Waals surface area contributed by atoms with E-state index in [2.05, 4.69) is 15.6 Å². The molecule has 1 amide bonds. The van der Waals surface area contributed by atoms with Crippen LogP contribution in [0, 0.1) is 11.7 Å². The van der Waals surface area contributed by atoms with Gasteiger partial charge in [0.15, 0.2) is 5.96 Å². The number of halogens is 1. The van der Waals surface area contributed by atoms with Crippen LogP contribution in [0.3, 0.4) is 0 Å². The van der Waals surface area contributed by atoms with Crippen LogP contribution in [-0.2, 0) is 11.3 Å². The average Bonchev–Trinajstić information content (AvgIpc) is 3.15. The molecule has 1 aliphatic heterocycles. The average molecular weight is 375 g/mol. The smallest absolute Gasteiger partial charge is 0.225 e. The van der Waals surface area contributed by atoms with Gasteiger partial charge in [-0.05, 0) is 43.9 Å². The Morgan fingerprint density at radius 2 is 2.07 bits per heavy atom. The molecule has 2 N–H and O–H groups in total. The van der Waals surface area contributed by atoms with E-state index < -0.39 is 0 Å². The van der Waals surface area contributed by atoms with Crippen molar-refractivity contribution in [2.24, 2.45) is 10.9 Å². The fourth-order valence-electron chi connectivity index (χ4n) is 4.01. The van der Waals surface area contributed by atoms with E-state index in [0.29, 0.717) is 12.5 Å². The van der Waals surface area contributed by atoms with Gasteiger partial charge in [0.1, 0.15) is 5.82 Å². The molecular formula is C21H31FN4O. The highest BCUT2D eigenvalue weighted by atomic mass is 19.1. The number of nitrogens with zero attached hydrogens (tertiary/aromatic N) is 2. The molecule has 1 aromatic carbocycles. The van der Waals surface area contributed by atoms with Crippen LogP contribution in [0.25, 0.3) is 0 Å². The summed E-state index contributed by atoms with van der Waals surface area (Å²) in [5.41, 5.74) is 0.840. The molecule has 1 saturated carbocycles. The maximum Gasteiger partial charge on any atom is 0.225 e. The Morgan fingerprint density at radius 1 is 1.26 bits per heavy atom. The number of carbonyl (C=O) groups is 1. The van der Waals surface area contributed by atoms with Gasteiger partial charge in [-0.25, -0.2) is 9.38 Å². The minimum Gasteiger partial charge on any atom is -0.357 e. The monoisotopic (exact) mass is 374 g/mol. The summed E-state index contributed by atoms with van der Waals surface area (Å²) in [5, 5.41) is 6.68. The fraction of sp³-hybridized carbons (Fsp3) is 0.619. The predicted octanol–water partition coefficient (Wildman–Crippen LogP) is 3.06. The largest absolute Gasteiger partial charge is 0.357 e. The van der Waals surface area contributed by atoms with Gasteiger partial charge in [-0.2, -0.15) is 0 Å². The summed E-state index contributed by atoms with van der Waals surface area (Å²) in [7, 11) is 0. The van der Waals surface area contributed by atoms with Gasteiger partial charge in [0, 0.05) is 31.6 Å². The summed E-state index contributed by atoms with van der Waals surface area (Å²) in [4.78, 5) is 19.3. The number of amides is 1. The van der Waals surface area contributed by atoms with Gasteiger partial charge in [0.05, 0.1) is 6.54 Å². The van der Waals surface area contributed by atoms with Gasteiger partial charge < -0.3 is 15.5 Å². The molecule has 0 radical (unpaired) electrons. The molecule has 1 saturated heterocycles. The molecule has 2 aliphatic rings. The standard InChI is InChI=1S/C21H31FN4O/c1-2-23-21(24-14-16-7-6-10-18(22)13-16)25-19-11-12-26(15-19)20(27)17-8-4-3-5-9-17/h6-7,10,13,17,19H,2-5,8-9,11-12,14-15H2,1H3,(H2,23,24,25). The molecule has 3 rings (SSSR count). The number of hydrogen-bond acceptors (Lipinski definition) is 2. The molecule has 2 fully saturated rings. The molecule has 0 aromatic heterocycles. The molecule has 5 nitrogen and oxygen atoms in total. The molecule has 27 heavy (non-hydrogen) atoms. The molecule has 1 unspecified atom stereocenters. The van der Waals surface area contributed by atoms with Crippen molar-refractivity contribution in [3.05, 3.63) is 35.6 Å². The van der Waals surface area contributed by atoms with E-state index in [1.54, 1.807) is 6.07 Å². The van der Waals surface area contributed by atoms with Crippen molar-refractivity contribution in [2.45, 2.75) is 58.0 Å². The SMILES string of the molecule is CCNC(=NCc1cccc(F)c1)NC1CCN(C(=O)C2CCCCC2)C1. The zero-order valence-corrected chi connectivity index (χ0v) is 16.2. The fourth-order valence-corrected chi connectivity index (χ4v) is 4.01. The van der Waals surface area contributed by atoms with Crippen molar-refractivity contribution in [2.75, 3.05) is 19.6 Å². The number of nitrogens with one attached hydrogen (secondary N) is 2. The first-order valence-corrected chi connectivity index (χ1v) is 10.2. The van der Waals surface area contributed by atoms with Crippen LogP contribution in [-0.4, -0.2) is 42.4 Å². The minimum absolute atomic E-state index is 0.211. The van der Waals surface area contributed by atoms with E-state index in [9.17, 15) is 9.18 Å². The van der Waals surface area contributed by atoms with Crippen molar-refractivity contribution in [3.63, 3.8) is 0 Å². The number of guanidine groups is 1. The lowest BCUT2D eigenvalue weighted by molar-refractivity contribution is -0.135. The summed E-state index contributed by atoms with van der Waals surface area (Å²) < 4.78 is 13.3. The minimum atomic E-state index is -0.242. The first-order valence-electron chi connectivity index (χ1n) is 10.2. The zero-order valence-electron chi connectivity index (χ0n) is 16.2. The normalized spacial score (nSPS) is 21.3. The van der Waals surface area contributed by atoms with Gasteiger partial charge in [-0.3, -0.25) is 4.79 Å². The highest BCUT2D eigenvalue weighted by Gasteiger charge is 2.31. The number of hydrogen-bond donors (Lipinski definition) is 2. The van der Waals surface area contributed by atoms with Gasteiger partial charge in [0.2, 0.25) is 5.91 Å². The molecule has 1 atom stereocenters. The third kappa shape index (κ3) is 5.68. The van der Waals surface area contributed by atoms with Crippen LogP contribution >= 0.6 is 0 Å². The second-order valence-corrected chi connectivity index (χ2v) is 7.57. The van der Waals surface area contributed by atoms with E-state index >= 15 is 0 Å². The number of carbonyl (C=O) groups excluding carboxylic acids is 1. The van der Waals surface area contributed by atoms with Crippen LogP contribution in [0.4, 0.5) is 4.39 Å². The molecule has 1 heterocycles. The van der Waals surface area contributed by atoms with Gasteiger partial charge >= 0.3 is 0 Å². The molecule has 0 spiro atoms. The topological polar surface area (TPSA) is 56.7 Å². The highest BCUT2D eigenvalue weighted by molar-refractivity contribution is 5.81. The van der Waals surface area contributed by atoms with Gasteiger partial charge in [0.25, 0.3) is 0 Å². The Bertz CT molecular complexity index is 657. The first kappa shape index (κ1) is 19.6. The zero-order chi connectivity index (χ0) is 19.1. The molecule has 1 aliphatic carbocycles. The van der Waals surface area contributed by atoms with E-state index in [1.165, 1.54) is 31.4 Å². The maximum atomic E-state index is 13.3. The van der Waals surface area contributed by atoms with E-state index in [0.717, 1.165) is 50.4 Å². The van der Waals surface area contributed by atoms with Crippen molar-refractivity contribution in [3.8, 4) is 0 Å². The third-order valence-electron chi connectivity index (χ3n) is 5.45. The number of aliphatic imine (C=N–C) groups is 1. The van der Waals surface area contributed by atoms with Crippen LogP contribution in [0.5, 0.6) is 0 Å². The lowest BCUT2D eigenvalue weighted by atomic mass is 9.88. The lowest BCUT2D eigenvalue weighted by Crippen LogP contribution is -2.45. The summed E-state index contributed by atoms with van der Waals surface area (Å²) >= 11 is 0. The van der Waals surface area contributed by atoms with Crippen LogP contribution < -0.4 is 10.6 Å². The Labute approximate surface area is 161 Å². The van der Waals surface area contributed by atoms with Gasteiger partial charge in [-0.1, -0.05) is 31.4 Å². The Balaban J connectivity index is 1.53. The van der Waals surface area contributed by atoms with E-state index in [1.807, 2.05) is 17.9 Å². The molecule has 6 heteroatoms. The number of likely N-dealkylation sites (tertiary alicyclic amines) is 1. The van der Waals surface area contributed by atoms with Gasteiger partial charge in [-0.15, -0.1) is 0 Å². The summed E-state index contributed by atoms with van der Waals surface area (Å²) in [5.74, 6) is 1.04. The lowest BCUT2D eigenvalue weighted by Gasteiger charge is -2.26. The van der Waals surface area contributed by atoms with Crippen molar-refractivity contribution < 1.29 is 9.18 Å². The number of benzene rings is 1.